The van der Waals surface area contributed by atoms with E-state index in [1.54, 1.807) is 12.1 Å². The highest BCUT2D eigenvalue weighted by Gasteiger charge is 2.38. The maximum atomic E-state index is 13.0. The molecule has 0 N–H and O–H groups in total. The van der Waals surface area contributed by atoms with Crippen molar-refractivity contribution in [2.45, 2.75) is 24.7 Å². The minimum atomic E-state index is -3.34. The summed E-state index contributed by atoms with van der Waals surface area (Å²) in [7, 11) is -1.90. The molecule has 1 fully saturated rings. The monoisotopic (exact) mass is 435 g/mol. The molecule has 1 aliphatic heterocycles. The Morgan fingerprint density at radius 3 is 2.33 bits per heavy atom. The smallest absolute Gasteiger partial charge is 0.273 e. The third-order valence-corrected chi connectivity index (χ3v) is 5.96. The molecule has 0 unspecified atom stereocenters. The first-order valence-electron chi connectivity index (χ1n) is 9.10. The van der Waals surface area contributed by atoms with Crippen LogP contribution in [0.2, 0.25) is 0 Å². The van der Waals surface area contributed by atoms with Crippen molar-refractivity contribution in [3.8, 4) is 0 Å². The quantitative estimate of drug-likeness (QED) is 0.502. The van der Waals surface area contributed by atoms with Gasteiger partial charge in [-0.2, -0.15) is 5.10 Å². The zero-order valence-electron chi connectivity index (χ0n) is 16.7. The lowest BCUT2D eigenvalue weighted by Gasteiger charge is -2.27. The molecule has 2 heterocycles. The number of nitro groups is 1. The van der Waals surface area contributed by atoms with Gasteiger partial charge >= 0.3 is 5.69 Å². The summed E-state index contributed by atoms with van der Waals surface area (Å²) in [6.07, 6.45) is 1.59. The summed E-state index contributed by atoms with van der Waals surface area (Å²) in [4.78, 5) is 36.7. The van der Waals surface area contributed by atoms with Crippen molar-refractivity contribution in [3.05, 3.63) is 51.3 Å². The molecule has 0 bridgehead atoms. The number of aryl methyl sites for hydroxylation is 2. The van der Waals surface area contributed by atoms with Crippen LogP contribution >= 0.6 is 0 Å². The van der Waals surface area contributed by atoms with Crippen LogP contribution in [-0.2, 0) is 28.1 Å². The number of carbonyl (C=O) groups is 2. The minimum absolute atomic E-state index is 0.0413. The summed E-state index contributed by atoms with van der Waals surface area (Å²) in [6, 6.07) is 5.94. The maximum absolute atomic E-state index is 13.0. The molecule has 2 aromatic rings. The summed E-state index contributed by atoms with van der Waals surface area (Å²) in [5.41, 5.74) is 0.149. The summed E-state index contributed by atoms with van der Waals surface area (Å²) < 4.78 is 24.3. The number of hydrogen-bond donors (Lipinski definition) is 0. The van der Waals surface area contributed by atoms with Crippen LogP contribution in [0.15, 0.2) is 29.2 Å². The van der Waals surface area contributed by atoms with Crippen LogP contribution in [0.5, 0.6) is 0 Å². The highest BCUT2D eigenvalue weighted by molar-refractivity contribution is 7.90. The lowest BCUT2D eigenvalue weighted by Crippen LogP contribution is -2.46. The fourth-order valence-corrected chi connectivity index (χ4v) is 4.06. The largest absolute Gasteiger partial charge is 0.322 e. The Morgan fingerprint density at radius 1 is 1.17 bits per heavy atom. The van der Waals surface area contributed by atoms with Crippen LogP contribution in [-0.4, -0.2) is 64.3 Å². The van der Waals surface area contributed by atoms with Crippen LogP contribution in [0.25, 0.3) is 0 Å². The van der Waals surface area contributed by atoms with Gasteiger partial charge in [0.25, 0.3) is 5.91 Å². The topological polar surface area (TPSA) is 136 Å². The van der Waals surface area contributed by atoms with Crippen LogP contribution in [0.4, 0.5) is 5.69 Å². The number of benzene rings is 1. The Morgan fingerprint density at radius 2 is 1.77 bits per heavy atom. The standard InChI is InChI=1S/C18H21N5O6S/c1-12-16(23(26)27)17(20(2)19-12)18(25)22-10-4-9-21(22)15(24)11-13-5-7-14(8-6-13)30(3,28)29/h5-8H,4,9-11H2,1-3H3. The van der Waals surface area contributed by atoms with E-state index in [2.05, 4.69) is 5.10 Å². The van der Waals surface area contributed by atoms with Crippen LogP contribution in [0.3, 0.4) is 0 Å². The van der Waals surface area contributed by atoms with Crippen molar-refractivity contribution in [1.29, 1.82) is 0 Å². The highest BCUT2D eigenvalue weighted by atomic mass is 32.2. The Hall–Kier alpha value is -3.28. The van der Waals surface area contributed by atoms with Crippen molar-refractivity contribution in [3.63, 3.8) is 0 Å². The Labute approximate surface area is 172 Å². The molecule has 2 amide bonds. The fourth-order valence-electron chi connectivity index (χ4n) is 3.43. The third kappa shape index (κ3) is 4.03. The molecular weight excluding hydrogens is 414 g/mol. The molecule has 12 heteroatoms. The average molecular weight is 435 g/mol. The molecule has 1 aliphatic rings. The van der Waals surface area contributed by atoms with Gasteiger partial charge in [-0.1, -0.05) is 12.1 Å². The normalized spacial score (nSPS) is 14.2. The molecule has 3 rings (SSSR count). The summed E-state index contributed by atoms with van der Waals surface area (Å²) in [5, 5.41) is 17.8. The molecule has 0 radical (unpaired) electrons. The minimum Gasteiger partial charge on any atom is -0.273 e. The van der Waals surface area contributed by atoms with E-state index in [0.717, 1.165) is 10.9 Å². The van der Waals surface area contributed by atoms with Gasteiger partial charge in [0.2, 0.25) is 11.6 Å². The first kappa shape index (κ1) is 21.4. The van der Waals surface area contributed by atoms with Crippen molar-refractivity contribution >= 4 is 27.3 Å². The van der Waals surface area contributed by atoms with Gasteiger partial charge in [0.05, 0.1) is 16.2 Å². The van der Waals surface area contributed by atoms with Gasteiger partial charge in [-0.25, -0.2) is 13.4 Å². The highest BCUT2D eigenvalue weighted by Crippen LogP contribution is 2.26. The van der Waals surface area contributed by atoms with Gasteiger partial charge in [0.15, 0.2) is 9.84 Å². The zero-order valence-corrected chi connectivity index (χ0v) is 17.5. The summed E-state index contributed by atoms with van der Waals surface area (Å²) >= 11 is 0. The molecule has 0 saturated carbocycles. The lowest BCUT2D eigenvalue weighted by atomic mass is 10.1. The Kier molecular flexibility index (Phi) is 5.61. The number of hydrogen-bond acceptors (Lipinski definition) is 7. The van der Waals surface area contributed by atoms with Crippen LogP contribution in [0, 0.1) is 17.0 Å². The van der Waals surface area contributed by atoms with Crippen LogP contribution in [0.1, 0.15) is 28.2 Å². The molecule has 1 aromatic heterocycles. The number of rotatable bonds is 5. The van der Waals surface area contributed by atoms with Crippen molar-refractivity contribution in [2.75, 3.05) is 19.3 Å². The number of hydrazine groups is 1. The Bertz CT molecular complexity index is 1120. The summed E-state index contributed by atoms with van der Waals surface area (Å²) in [6.45, 7) is 2.00. The number of nitrogens with zero attached hydrogens (tertiary/aromatic N) is 5. The molecule has 30 heavy (non-hydrogen) atoms. The molecule has 0 atom stereocenters. The number of sulfone groups is 1. The van der Waals surface area contributed by atoms with Crippen molar-refractivity contribution in [2.24, 2.45) is 7.05 Å². The van der Waals surface area contributed by atoms with E-state index >= 15 is 0 Å². The predicted molar refractivity (Wildman–Crippen MR) is 105 cm³/mol. The molecule has 0 spiro atoms. The summed E-state index contributed by atoms with van der Waals surface area (Å²) in [5.74, 6) is -1.03. The SMILES string of the molecule is Cc1nn(C)c(C(=O)N2CCCN2C(=O)Cc2ccc(S(C)(=O)=O)cc2)c1[N+](=O)[O-]. The van der Waals surface area contributed by atoms with Crippen LogP contribution < -0.4 is 0 Å². The van der Waals surface area contributed by atoms with Gasteiger partial charge in [-0.15, -0.1) is 0 Å². The predicted octanol–water partition coefficient (Wildman–Crippen LogP) is 0.872. The average Bonchev–Trinajstić information content (AvgIpc) is 3.25. The Balaban J connectivity index is 1.81. The second-order valence-corrected chi connectivity index (χ2v) is 9.07. The molecule has 0 aliphatic carbocycles. The first-order chi connectivity index (χ1) is 14.0. The first-order valence-corrected chi connectivity index (χ1v) is 11.0. The molecule has 1 aromatic carbocycles. The van der Waals surface area contributed by atoms with E-state index in [9.17, 15) is 28.1 Å². The van der Waals surface area contributed by atoms with Gasteiger partial charge in [-0.3, -0.25) is 29.4 Å². The molecular formula is C18H21N5O6S. The lowest BCUT2D eigenvalue weighted by molar-refractivity contribution is -0.385. The molecule has 160 valence electrons. The third-order valence-electron chi connectivity index (χ3n) is 4.84. The molecule has 1 saturated heterocycles. The van der Waals surface area contributed by atoms with E-state index < -0.39 is 20.7 Å². The van der Waals surface area contributed by atoms with Gasteiger partial charge in [0.1, 0.15) is 5.69 Å². The second-order valence-electron chi connectivity index (χ2n) is 7.05. The van der Waals surface area contributed by atoms with E-state index in [-0.39, 0.29) is 40.8 Å². The van der Waals surface area contributed by atoms with Gasteiger partial charge in [-0.05, 0) is 31.0 Å². The number of aromatic nitrogens is 2. The van der Waals surface area contributed by atoms with E-state index in [1.807, 2.05) is 0 Å². The van der Waals surface area contributed by atoms with E-state index in [4.69, 9.17) is 0 Å². The van der Waals surface area contributed by atoms with Crippen molar-refractivity contribution in [1.82, 2.24) is 19.8 Å². The fraction of sp³-hybridized carbons (Fsp3) is 0.389. The van der Waals surface area contributed by atoms with E-state index in [1.165, 1.54) is 36.1 Å². The number of amides is 2. The maximum Gasteiger partial charge on any atom is 0.322 e. The van der Waals surface area contributed by atoms with Crippen molar-refractivity contribution < 1.29 is 22.9 Å². The second kappa shape index (κ2) is 7.86. The number of carbonyl (C=O) groups excluding carboxylic acids is 2. The zero-order chi connectivity index (χ0) is 22.2. The van der Waals surface area contributed by atoms with Gasteiger partial charge in [0, 0.05) is 26.4 Å². The van der Waals surface area contributed by atoms with E-state index in [0.29, 0.717) is 18.5 Å². The van der Waals surface area contributed by atoms with Gasteiger partial charge < -0.3 is 0 Å². The molecule has 11 nitrogen and oxygen atoms in total.